The summed E-state index contributed by atoms with van der Waals surface area (Å²) in [5.41, 5.74) is 2.95. The third-order valence-corrected chi connectivity index (χ3v) is 2.83. The maximum absolute atomic E-state index is 5.21. The zero-order valence-corrected chi connectivity index (χ0v) is 11.8. The van der Waals surface area contributed by atoms with Crippen LogP contribution in [0.2, 0.25) is 0 Å². The molecule has 2 heteroatoms. The lowest BCUT2D eigenvalue weighted by atomic mass is 10.0. The molecular formula is C15H25NO. The Morgan fingerprint density at radius 1 is 1.24 bits per heavy atom. The van der Waals surface area contributed by atoms with E-state index in [1.165, 1.54) is 17.5 Å². The molecule has 0 aliphatic heterocycles. The summed E-state index contributed by atoms with van der Waals surface area (Å²) in [6.07, 6.45) is 2.29. The first-order valence-corrected chi connectivity index (χ1v) is 6.31. The van der Waals surface area contributed by atoms with E-state index in [0.717, 1.165) is 18.7 Å². The lowest BCUT2D eigenvalue weighted by Crippen LogP contribution is -2.36. The van der Waals surface area contributed by atoms with E-state index in [-0.39, 0.29) is 5.54 Å². The van der Waals surface area contributed by atoms with Gasteiger partial charge in [0.25, 0.3) is 0 Å². The summed E-state index contributed by atoms with van der Waals surface area (Å²) in [5, 5.41) is 3.51. The standard InChI is InChI=1S/C15H25NO/c1-12-11-14(17-5)9-8-13(12)7-6-10-16-15(2,3)4/h8-9,11,16H,6-7,10H2,1-5H3. The van der Waals surface area contributed by atoms with Crippen LogP contribution in [-0.4, -0.2) is 19.2 Å². The molecule has 0 amide bonds. The minimum absolute atomic E-state index is 0.217. The van der Waals surface area contributed by atoms with Crippen molar-refractivity contribution in [3.8, 4) is 5.75 Å². The molecule has 0 bridgehead atoms. The number of aryl methyl sites for hydroxylation is 2. The molecule has 0 saturated carbocycles. The number of rotatable bonds is 5. The lowest BCUT2D eigenvalue weighted by Gasteiger charge is -2.20. The Hall–Kier alpha value is -1.02. The van der Waals surface area contributed by atoms with Gasteiger partial charge < -0.3 is 10.1 Å². The molecule has 1 aromatic rings. The minimum atomic E-state index is 0.217. The summed E-state index contributed by atoms with van der Waals surface area (Å²) < 4.78 is 5.21. The van der Waals surface area contributed by atoms with E-state index in [1.807, 2.05) is 6.07 Å². The summed E-state index contributed by atoms with van der Waals surface area (Å²) in [6.45, 7) is 9.81. The van der Waals surface area contributed by atoms with Crippen molar-refractivity contribution in [2.75, 3.05) is 13.7 Å². The topological polar surface area (TPSA) is 21.3 Å². The second-order valence-corrected chi connectivity index (χ2v) is 5.57. The number of ether oxygens (including phenoxy) is 1. The molecule has 96 valence electrons. The zero-order valence-electron chi connectivity index (χ0n) is 11.8. The van der Waals surface area contributed by atoms with Gasteiger partial charge in [0, 0.05) is 5.54 Å². The molecule has 0 radical (unpaired) electrons. The van der Waals surface area contributed by atoms with Crippen molar-refractivity contribution in [2.45, 2.75) is 46.1 Å². The summed E-state index contributed by atoms with van der Waals surface area (Å²) >= 11 is 0. The maximum Gasteiger partial charge on any atom is 0.119 e. The Balaban J connectivity index is 2.42. The molecule has 0 atom stereocenters. The second kappa shape index (κ2) is 6.06. The first-order valence-electron chi connectivity index (χ1n) is 6.31. The van der Waals surface area contributed by atoms with Gasteiger partial charge in [0.1, 0.15) is 5.75 Å². The third kappa shape index (κ3) is 5.22. The largest absolute Gasteiger partial charge is 0.497 e. The van der Waals surface area contributed by atoms with Crippen LogP contribution in [0.25, 0.3) is 0 Å². The lowest BCUT2D eigenvalue weighted by molar-refractivity contribution is 0.414. The smallest absolute Gasteiger partial charge is 0.119 e. The van der Waals surface area contributed by atoms with Crippen LogP contribution in [0.1, 0.15) is 38.3 Å². The van der Waals surface area contributed by atoms with Crippen molar-refractivity contribution in [1.82, 2.24) is 5.32 Å². The molecule has 0 aliphatic rings. The fraction of sp³-hybridized carbons (Fsp3) is 0.600. The van der Waals surface area contributed by atoms with Gasteiger partial charge in [-0.3, -0.25) is 0 Å². The summed E-state index contributed by atoms with van der Waals surface area (Å²) in [5.74, 6) is 0.944. The van der Waals surface area contributed by atoms with Gasteiger partial charge in [-0.1, -0.05) is 6.07 Å². The third-order valence-electron chi connectivity index (χ3n) is 2.83. The van der Waals surface area contributed by atoms with Gasteiger partial charge in [0.15, 0.2) is 0 Å². The number of methoxy groups -OCH3 is 1. The van der Waals surface area contributed by atoms with Crippen LogP contribution in [0, 0.1) is 6.92 Å². The van der Waals surface area contributed by atoms with E-state index < -0.39 is 0 Å². The average Bonchev–Trinajstić information content (AvgIpc) is 2.24. The molecule has 0 unspecified atom stereocenters. The Morgan fingerprint density at radius 2 is 1.94 bits per heavy atom. The fourth-order valence-corrected chi connectivity index (χ4v) is 1.82. The Labute approximate surface area is 105 Å². The van der Waals surface area contributed by atoms with Crippen LogP contribution >= 0.6 is 0 Å². The molecule has 0 heterocycles. The molecule has 0 spiro atoms. The highest BCUT2D eigenvalue weighted by Crippen LogP contribution is 2.17. The van der Waals surface area contributed by atoms with Crippen molar-refractivity contribution in [2.24, 2.45) is 0 Å². The van der Waals surface area contributed by atoms with Crippen molar-refractivity contribution < 1.29 is 4.74 Å². The van der Waals surface area contributed by atoms with Crippen molar-refractivity contribution >= 4 is 0 Å². The van der Waals surface area contributed by atoms with Gasteiger partial charge >= 0.3 is 0 Å². The van der Waals surface area contributed by atoms with Crippen LogP contribution in [0.3, 0.4) is 0 Å². The van der Waals surface area contributed by atoms with Gasteiger partial charge in [0.05, 0.1) is 7.11 Å². The van der Waals surface area contributed by atoms with Gasteiger partial charge in [-0.2, -0.15) is 0 Å². The summed E-state index contributed by atoms with van der Waals surface area (Å²) in [6, 6.07) is 6.32. The van der Waals surface area contributed by atoms with E-state index in [9.17, 15) is 0 Å². The van der Waals surface area contributed by atoms with Gasteiger partial charge in [-0.05, 0) is 70.3 Å². The van der Waals surface area contributed by atoms with E-state index in [4.69, 9.17) is 4.74 Å². The molecule has 1 N–H and O–H groups in total. The number of hydrogen-bond acceptors (Lipinski definition) is 2. The van der Waals surface area contributed by atoms with Crippen LogP contribution < -0.4 is 10.1 Å². The van der Waals surface area contributed by atoms with Crippen LogP contribution in [0.15, 0.2) is 18.2 Å². The maximum atomic E-state index is 5.21. The zero-order chi connectivity index (χ0) is 12.9. The first kappa shape index (κ1) is 14.0. The van der Waals surface area contributed by atoms with Crippen LogP contribution in [0.4, 0.5) is 0 Å². The molecule has 0 fully saturated rings. The molecule has 17 heavy (non-hydrogen) atoms. The van der Waals surface area contributed by atoms with E-state index in [0.29, 0.717) is 0 Å². The normalized spacial score (nSPS) is 11.6. The molecule has 0 saturated heterocycles. The summed E-state index contributed by atoms with van der Waals surface area (Å²) in [4.78, 5) is 0. The first-order chi connectivity index (χ1) is 7.92. The fourth-order valence-electron chi connectivity index (χ4n) is 1.82. The van der Waals surface area contributed by atoms with Crippen LogP contribution in [-0.2, 0) is 6.42 Å². The molecule has 2 nitrogen and oxygen atoms in total. The molecule has 0 aromatic heterocycles. The Kier molecular flexibility index (Phi) is 5.01. The highest BCUT2D eigenvalue weighted by Gasteiger charge is 2.07. The SMILES string of the molecule is COc1ccc(CCCNC(C)(C)C)c(C)c1. The van der Waals surface area contributed by atoms with E-state index in [1.54, 1.807) is 7.11 Å². The monoisotopic (exact) mass is 235 g/mol. The second-order valence-electron chi connectivity index (χ2n) is 5.57. The predicted molar refractivity (Wildman–Crippen MR) is 73.8 cm³/mol. The van der Waals surface area contributed by atoms with Gasteiger partial charge in [0.2, 0.25) is 0 Å². The van der Waals surface area contributed by atoms with E-state index in [2.05, 4.69) is 45.1 Å². The Morgan fingerprint density at radius 3 is 2.47 bits per heavy atom. The average molecular weight is 235 g/mol. The van der Waals surface area contributed by atoms with Crippen molar-refractivity contribution in [1.29, 1.82) is 0 Å². The molecular weight excluding hydrogens is 210 g/mol. The quantitative estimate of drug-likeness (QED) is 0.790. The molecule has 1 rings (SSSR count). The summed E-state index contributed by atoms with van der Waals surface area (Å²) in [7, 11) is 1.71. The number of hydrogen-bond donors (Lipinski definition) is 1. The highest BCUT2D eigenvalue weighted by molar-refractivity contribution is 5.34. The Bertz CT molecular complexity index is 352. The number of nitrogens with one attached hydrogen (secondary N) is 1. The molecule has 0 aliphatic carbocycles. The van der Waals surface area contributed by atoms with E-state index >= 15 is 0 Å². The minimum Gasteiger partial charge on any atom is -0.497 e. The number of benzene rings is 1. The predicted octanol–water partition coefficient (Wildman–Crippen LogP) is 3.32. The van der Waals surface area contributed by atoms with Crippen molar-refractivity contribution in [3.63, 3.8) is 0 Å². The van der Waals surface area contributed by atoms with Gasteiger partial charge in [-0.25, -0.2) is 0 Å². The molecule has 1 aromatic carbocycles. The highest BCUT2D eigenvalue weighted by atomic mass is 16.5. The van der Waals surface area contributed by atoms with Gasteiger partial charge in [-0.15, -0.1) is 0 Å². The van der Waals surface area contributed by atoms with Crippen molar-refractivity contribution in [3.05, 3.63) is 29.3 Å². The van der Waals surface area contributed by atoms with Crippen LogP contribution in [0.5, 0.6) is 5.75 Å².